The molecule has 0 aliphatic carbocycles. The van der Waals surface area contributed by atoms with Gasteiger partial charge in [0.05, 0.1) is 6.04 Å². The minimum atomic E-state index is 0.255. The van der Waals surface area contributed by atoms with E-state index in [1.165, 1.54) is 0 Å². The van der Waals surface area contributed by atoms with Crippen molar-refractivity contribution in [3.8, 4) is 0 Å². The van der Waals surface area contributed by atoms with E-state index in [2.05, 4.69) is 19.2 Å². The van der Waals surface area contributed by atoms with E-state index in [9.17, 15) is 0 Å². The average Bonchev–Trinajstić information content (AvgIpc) is 2.61. The van der Waals surface area contributed by atoms with Crippen molar-refractivity contribution < 1.29 is 9.15 Å². The quantitative estimate of drug-likeness (QED) is 0.785. The molecule has 0 bridgehead atoms. The third-order valence-electron chi connectivity index (χ3n) is 2.48. The van der Waals surface area contributed by atoms with Crippen molar-refractivity contribution in [1.82, 2.24) is 5.32 Å². The molecule has 0 saturated carbocycles. The molecule has 0 fully saturated rings. The molecule has 0 radical (unpaired) electrons. The number of ether oxygens (including phenoxy) is 1. The van der Waals surface area contributed by atoms with Gasteiger partial charge in [-0.1, -0.05) is 0 Å². The largest absolute Gasteiger partial charge is 0.465 e. The van der Waals surface area contributed by atoms with Crippen LogP contribution in [0.1, 0.15) is 37.8 Å². The van der Waals surface area contributed by atoms with Gasteiger partial charge in [0.25, 0.3) is 0 Å². The van der Waals surface area contributed by atoms with Crippen LogP contribution in [0.4, 0.5) is 0 Å². The molecule has 0 aromatic carbocycles. The standard InChI is InChI=1S/C12H21NO2/c1-9(7-8-14-4)13-11(3)12-6-5-10(2)15-12/h5-6,9,11,13H,7-8H2,1-4H3. The molecular weight excluding hydrogens is 190 g/mol. The van der Waals surface area contributed by atoms with E-state index in [-0.39, 0.29) is 6.04 Å². The molecule has 2 atom stereocenters. The maximum Gasteiger partial charge on any atom is 0.120 e. The molecule has 3 heteroatoms. The van der Waals surface area contributed by atoms with Gasteiger partial charge < -0.3 is 14.5 Å². The van der Waals surface area contributed by atoms with Crippen LogP contribution in [-0.4, -0.2) is 19.8 Å². The van der Waals surface area contributed by atoms with E-state index >= 15 is 0 Å². The molecule has 0 aliphatic heterocycles. The summed E-state index contributed by atoms with van der Waals surface area (Å²) in [4.78, 5) is 0. The van der Waals surface area contributed by atoms with Gasteiger partial charge >= 0.3 is 0 Å². The fourth-order valence-electron chi connectivity index (χ4n) is 1.57. The van der Waals surface area contributed by atoms with Crippen LogP contribution in [0.3, 0.4) is 0 Å². The molecule has 0 saturated heterocycles. The van der Waals surface area contributed by atoms with Crippen molar-refractivity contribution in [3.05, 3.63) is 23.7 Å². The third-order valence-corrected chi connectivity index (χ3v) is 2.48. The van der Waals surface area contributed by atoms with E-state index in [0.29, 0.717) is 6.04 Å². The number of hydrogen-bond acceptors (Lipinski definition) is 3. The van der Waals surface area contributed by atoms with Crippen molar-refractivity contribution in [2.24, 2.45) is 0 Å². The molecule has 3 nitrogen and oxygen atoms in total. The fourth-order valence-corrected chi connectivity index (χ4v) is 1.57. The van der Waals surface area contributed by atoms with Gasteiger partial charge in [-0.3, -0.25) is 0 Å². The first-order valence-corrected chi connectivity index (χ1v) is 5.44. The first-order valence-electron chi connectivity index (χ1n) is 5.44. The average molecular weight is 211 g/mol. The molecule has 0 amide bonds. The van der Waals surface area contributed by atoms with Crippen LogP contribution in [0.5, 0.6) is 0 Å². The Hall–Kier alpha value is -0.800. The van der Waals surface area contributed by atoms with E-state index in [4.69, 9.17) is 9.15 Å². The van der Waals surface area contributed by atoms with E-state index < -0.39 is 0 Å². The predicted octanol–water partition coefficient (Wildman–Crippen LogP) is 2.66. The normalized spacial score (nSPS) is 15.2. The highest BCUT2D eigenvalue weighted by Crippen LogP contribution is 2.16. The number of hydrogen-bond donors (Lipinski definition) is 1. The molecule has 86 valence electrons. The molecule has 1 heterocycles. The Morgan fingerprint density at radius 1 is 1.40 bits per heavy atom. The second-order valence-corrected chi connectivity index (χ2v) is 4.02. The second kappa shape index (κ2) is 5.93. The minimum Gasteiger partial charge on any atom is -0.465 e. The van der Waals surface area contributed by atoms with E-state index in [0.717, 1.165) is 24.5 Å². The van der Waals surface area contributed by atoms with Crippen LogP contribution in [0.2, 0.25) is 0 Å². The van der Waals surface area contributed by atoms with Crippen molar-refractivity contribution in [3.63, 3.8) is 0 Å². The lowest BCUT2D eigenvalue weighted by atomic mass is 10.2. The number of aryl methyl sites for hydroxylation is 1. The zero-order valence-electron chi connectivity index (χ0n) is 10.0. The Balaban J connectivity index is 2.38. The summed E-state index contributed by atoms with van der Waals surface area (Å²) in [5.74, 6) is 1.96. The lowest BCUT2D eigenvalue weighted by molar-refractivity contribution is 0.182. The highest BCUT2D eigenvalue weighted by molar-refractivity contribution is 5.08. The Labute approximate surface area is 91.8 Å². The molecule has 1 rings (SSSR count). The maximum absolute atomic E-state index is 5.56. The lowest BCUT2D eigenvalue weighted by Crippen LogP contribution is -2.29. The van der Waals surface area contributed by atoms with Crippen LogP contribution >= 0.6 is 0 Å². The van der Waals surface area contributed by atoms with Crippen LogP contribution in [-0.2, 0) is 4.74 Å². The van der Waals surface area contributed by atoms with Crippen molar-refractivity contribution in [2.45, 2.75) is 39.3 Å². The minimum absolute atomic E-state index is 0.255. The molecule has 2 unspecified atom stereocenters. The number of rotatable bonds is 6. The summed E-state index contributed by atoms with van der Waals surface area (Å²) < 4.78 is 10.6. The molecule has 1 aromatic heterocycles. The van der Waals surface area contributed by atoms with Gasteiger partial charge in [0.2, 0.25) is 0 Å². The maximum atomic E-state index is 5.56. The van der Waals surface area contributed by atoms with Gasteiger partial charge in [-0.2, -0.15) is 0 Å². The van der Waals surface area contributed by atoms with Crippen LogP contribution in [0.25, 0.3) is 0 Å². The predicted molar refractivity (Wildman–Crippen MR) is 61.0 cm³/mol. The first-order chi connectivity index (χ1) is 7.13. The summed E-state index contributed by atoms with van der Waals surface area (Å²) in [6.45, 7) is 7.02. The summed E-state index contributed by atoms with van der Waals surface area (Å²) in [7, 11) is 1.73. The molecular formula is C12H21NO2. The summed E-state index contributed by atoms with van der Waals surface area (Å²) in [6, 6.07) is 4.71. The zero-order valence-corrected chi connectivity index (χ0v) is 10.0. The van der Waals surface area contributed by atoms with Gasteiger partial charge in [-0.25, -0.2) is 0 Å². The molecule has 0 aliphatic rings. The highest BCUT2D eigenvalue weighted by Gasteiger charge is 2.11. The van der Waals surface area contributed by atoms with Gasteiger partial charge in [-0.15, -0.1) is 0 Å². The third kappa shape index (κ3) is 4.06. The second-order valence-electron chi connectivity index (χ2n) is 4.02. The van der Waals surface area contributed by atoms with Crippen LogP contribution < -0.4 is 5.32 Å². The number of nitrogens with one attached hydrogen (secondary N) is 1. The topological polar surface area (TPSA) is 34.4 Å². The summed E-state index contributed by atoms with van der Waals surface area (Å²) in [5.41, 5.74) is 0. The molecule has 15 heavy (non-hydrogen) atoms. The summed E-state index contributed by atoms with van der Waals surface area (Å²) in [6.07, 6.45) is 1.01. The van der Waals surface area contributed by atoms with Crippen molar-refractivity contribution >= 4 is 0 Å². The van der Waals surface area contributed by atoms with Gasteiger partial charge in [0.15, 0.2) is 0 Å². The zero-order chi connectivity index (χ0) is 11.3. The van der Waals surface area contributed by atoms with Crippen molar-refractivity contribution in [2.75, 3.05) is 13.7 Å². The summed E-state index contributed by atoms with van der Waals surface area (Å²) >= 11 is 0. The Bertz CT molecular complexity index is 283. The van der Waals surface area contributed by atoms with Gasteiger partial charge in [-0.05, 0) is 39.3 Å². The lowest BCUT2D eigenvalue weighted by Gasteiger charge is -2.18. The van der Waals surface area contributed by atoms with Crippen LogP contribution in [0.15, 0.2) is 16.5 Å². The molecule has 0 spiro atoms. The van der Waals surface area contributed by atoms with Crippen LogP contribution in [0, 0.1) is 6.92 Å². The Morgan fingerprint density at radius 3 is 2.67 bits per heavy atom. The van der Waals surface area contributed by atoms with Crippen molar-refractivity contribution in [1.29, 1.82) is 0 Å². The fraction of sp³-hybridized carbons (Fsp3) is 0.667. The smallest absolute Gasteiger partial charge is 0.120 e. The van der Waals surface area contributed by atoms with E-state index in [1.54, 1.807) is 7.11 Å². The number of furan rings is 1. The van der Waals surface area contributed by atoms with E-state index in [1.807, 2.05) is 19.1 Å². The van der Waals surface area contributed by atoms with Gasteiger partial charge in [0, 0.05) is 19.8 Å². The SMILES string of the molecule is COCCC(C)NC(C)c1ccc(C)o1. The first kappa shape index (κ1) is 12.3. The highest BCUT2D eigenvalue weighted by atomic mass is 16.5. The Kier molecular flexibility index (Phi) is 4.85. The number of methoxy groups -OCH3 is 1. The summed E-state index contributed by atoms with van der Waals surface area (Å²) in [5, 5.41) is 3.47. The Morgan fingerprint density at radius 2 is 2.13 bits per heavy atom. The van der Waals surface area contributed by atoms with Gasteiger partial charge in [0.1, 0.15) is 11.5 Å². The molecule has 1 N–H and O–H groups in total. The molecule has 1 aromatic rings. The monoisotopic (exact) mass is 211 g/mol.